The Hall–Kier alpha value is -5.47. The highest BCUT2D eigenvalue weighted by Gasteiger charge is 2.35. The van der Waals surface area contributed by atoms with Gasteiger partial charge in [0.1, 0.15) is 0 Å². The predicted octanol–water partition coefficient (Wildman–Crippen LogP) is 11.6. The second kappa shape index (κ2) is 10.3. The number of benzene rings is 5. The SMILES string of the molecule is CC1(C)c2ccccc2-c2ccc(N(C3=CCC=NC=C3)c3cccc(-c4ccc5c6c(cccc46)C4=C5C=CC=CC4)c3)cc21. The summed E-state index contributed by atoms with van der Waals surface area (Å²) in [4.78, 5) is 6.86. The second-order valence-electron chi connectivity index (χ2n) is 13.1. The van der Waals surface area contributed by atoms with Crippen molar-refractivity contribution in [2.45, 2.75) is 32.1 Å². The van der Waals surface area contributed by atoms with E-state index in [1.54, 1.807) is 0 Å². The van der Waals surface area contributed by atoms with E-state index in [9.17, 15) is 0 Å². The zero-order chi connectivity index (χ0) is 30.8. The Morgan fingerprint density at radius 2 is 1.48 bits per heavy atom. The minimum Gasteiger partial charge on any atom is -0.311 e. The Morgan fingerprint density at radius 3 is 2.43 bits per heavy atom. The van der Waals surface area contributed by atoms with Gasteiger partial charge in [-0.25, -0.2) is 0 Å². The highest BCUT2D eigenvalue weighted by molar-refractivity contribution is 6.19. The van der Waals surface area contributed by atoms with E-state index in [1.165, 1.54) is 66.4 Å². The highest BCUT2D eigenvalue weighted by Crippen LogP contribution is 2.51. The van der Waals surface area contributed by atoms with Gasteiger partial charge in [-0.05, 0) is 103 Å². The second-order valence-corrected chi connectivity index (χ2v) is 13.1. The molecule has 5 aromatic rings. The molecule has 0 radical (unpaired) electrons. The third-order valence-electron chi connectivity index (χ3n) is 10.2. The van der Waals surface area contributed by atoms with Crippen LogP contribution in [0, 0.1) is 0 Å². The Balaban J connectivity index is 1.19. The van der Waals surface area contributed by atoms with Gasteiger partial charge in [-0.1, -0.05) is 117 Å². The van der Waals surface area contributed by atoms with Crippen molar-refractivity contribution in [2.75, 3.05) is 4.90 Å². The maximum atomic E-state index is 4.46. The Morgan fingerprint density at radius 1 is 0.674 bits per heavy atom. The lowest BCUT2D eigenvalue weighted by Gasteiger charge is -2.29. The van der Waals surface area contributed by atoms with Crippen molar-refractivity contribution in [3.63, 3.8) is 0 Å². The summed E-state index contributed by atoms with van der Waals surface area (Å²) in [5.41, 5.74) is 16.7. The van der Waals surface area contributed by atoms with E-state index < -0.39 is 0 Å². The quantitative estimate of drug-likeness (QED) is 0.203. The fourth-order valence-corrected chi connectivity index (χ4v) is 8.01. The topological polar surface area (TPSA) is 15.6 Å². The number of hydrogen-bond donors (Lipinski definition) is 0. The van der Waals surface area contributed by atoms with Crippen molar-refractivity contribution in [2.24, 2.45) is 4.99 Å². The predicted molar refractivity (Wildman–Crippen MR) is 196 cm³/mol. The van der Waals surface area contributed by atoms with E-state index >= 15 is 0 Å². The third-order valence-corrected chi connectivity index (χ3v) is 10.2. The molecular formula is C44H34N2. The van der Waals surface area contributed by atoms with Crippen molar-refractivity contribution in [3.05, 3.63) is 168 Å². The lowest BCUT2D eigenvalue weighted by atomic mass is 9.82. The van der Waals surface area contributed by atoms with Gasteiger partial charge in [0.15, 0.2) is 0 Å². The van der Waals surface area contributed by atoms with Gasteiger partial charge in [-0.15, -0.1) is 0 Å². The minimum absolute atomic E-state index is 0.0753. The fraction of sp³-hybridized carbons (Fsp3) is 0.114. The largest absolute Gasteiger partial charge is 0.311 e. The summed E-state index contributed by atoms with van der Waals surface area (Å²) in [6, 6.07) is 36.4. The number of anilines is 2. The summed E-state index contributed by atoms with van der Waals surface area (Å²) in [7, 11) is 0. The van der Waals surface area contributed by atoms with Crippen LogP contribution in [0.3, 0.4) is 0 Å². The molecule has 0 bridgehead atoms. The van der Waals surface area contributed by atoms with Gasteiger partial charge in [0, 0.05) is 41.3 Å². The van der Waals surface area contributed by atoms with E-state index in [0.717, 1.165) is 29.9 Å². The molecule has 0 N–H and O–H groups in total. The molecule has 5 aromatic carbocycles. The maximum absolute atomic E-state index is 4.46. The molecule has 4 aliphatic rings. The van der Waals surface area contributed by atoms with Gasteiger partial charge in [0.25, 0.3) is 0 Å². The van der Waals surface area contributed by atoms with E-state index in [1.807, 2.05) is 12.4 Å². The summed E-state index contributed by atoms with van der Waals surface area (Å²) in [5.74, 6) is 0. The van der Waals surface area contributed by atoms with Gasteiger partial charge >= 0.3 is 0 Å². The molecule has 0 unspecified atom stereocenters. The van der Waals surface area contributed by atoms with Gasteiger partial charge in [-0.2, -0.15) is 0 Å². The first-order valence-electron chi connectivity index (χ1n) is 16.3. The normalized spacial score (nSPS) is 16.6. The van der Waals surface area contributed by atoms with Crippen LogP contribution in [0.1, 0.15) is 48.9 Å². The maximum Gasteiger partial charge on any atom is 0.0467 e. The van der Waals surface area contributed by atoms with Crippen molar-refractivity contribution in [1.82, 2.24) is 0 Å². The Labute approximate surface area is 270 Å². The monoisotopic (exact) mass is 590 g/mol. The number of aliphatic imine (C=N–C) groups is 1. The summed E-state index contributed by atoms with van der Waals surface area (Å²) in [6.07, 6.45) is 18.9. The zero-order valence-electron chi connectivity index (χ0n) is 26.2. The molecule has 0 atom stereocenters. The molecule has 0 amide bonds. The lowest BCUT2D eigenvalue weighted by Crippen LogP contribution is -2.18. The smallest absolute Gasteiger partial charge is 0.0467 e. The summed E-state index contributed by atoms with van der Waals surface area (Å²) in [5, 5.41) is 2.68. The van der Waals surface area contributed by atoms with Crippen molar-refractivity contribution in [3.8, 4) is 22.3 Å². The molecule has 220 valence electrons. The third kappa shape index (κ3) is 4.00. The van der Waals surface area contributed by atoms with Crippen LogP contribution in [-0.2, 0) is 5.41 Å². The lowest BCUT2D eigenvalue weighted by molar-refractivity contribution is 0.660. The summed E-state index contributed by atoms with van der Waals surface area (Å²) >= 11 is 0. The molecule has 0 fully saturated rings. The fourth-order valence-electron chi connectivity index (χ4n) is 8.01. The van der Waals surface area contributed by atoms with Gasteiger partial charge in [-0.3, -0.25) is 4.99 Å². The molecule has 3 aliphatic carbocycles. The van der Waals surface area contributed by atoms with Gasteiger partial charge in [0.05, 0.1) is 0 Å². The number of fused-ring (bicyclic) bond motifs is 5. The van der Waals surface area contributed by atoms with Crippen LogP contribution in [-0.4, -0.2) is 6.21 Å². The first kappa shape index (κ1) is 26.9. The van der Waals surface area contributed by atoms with E-state index in [2.05, 4.69) is 157 Å². The van der Waals surface area contributed by atoms with E-state index in [4.69, 9.17) is 0 Å². The number of nitrogens with zero attached hydrogens (tertiary/aromatic N) is 2. The van der Waals surface area contributed by atoms with Crippen LogP contribution in [0.2, 0.25) is 0 Å². The molecule has 9 rings (SSSR count). The Kier molecular flexibility index (Phi) is 6.01. The van der Waals surface area contributed by atoms with E-state index in [-0.39, 0.29) is 5.41 Å². The molecule has 0 saturated heterocycles. The van der Waals surface area contributed by atoms with Crippen molar-refractivity contribution in [1.29, 1.82) is 0 Å². The standard InChI is InChI=1S/C44H34N2/c1-44(2)41-19-7-6-16-36(41)37-21-20-32(28-42(37)44)46(30-13-10-25-45-26-24-30)31-12-8-11-29(27-31)33-22-23-40-35-15-5-3-4-14-34(35)39-18-9-17-38(33)43(39)40/h3-9,11-13,15-28H,10,14H2,1-2H3. The molecule has 0 saturated carbocycles. The first-order valence-corrected chi connectivity index (χ1v) is 16.3. The van der Waals surface area contributed by atoms with Crippen LogP contribution in [0.5, 0.6) is 0 Å². The number of hydrogen-bond acceptors (Lipinski definition) is 2. The molecule has 0 aromatic heterocycles. The van der Waals surface area contributed by atoms with E-state index in [0.29, 0.717) is 0 Å². The average Bonchev–Trinajstić information content (AvgIpc) is 3.29. The average molecular weight is 591 g/mol. The molecule has 0 spiro atoms. The molecule has 1 heterocycles. The van der Waals surface area contributed by atoms with Crippen LogP contribution >= 0.6 is 0 Å². The van der Waals surface area contributed by atoms with Gasteiger partial charge in [0.2, 0.25) is 0 Å². The van der Waals surface area contributed by atoms with Crippen molar-refractivity contribution < 1.29 is 0 Å². The molecule has 2 heteroatoms. The Bertz CT molecular complexity index is 2280. The zero-order valence-corrected chi connectivity index (χ0v) is 26.2. The number of allylic oxidation sites excluding steroid dienone is 8. The minimum atomic E-state index is -0.0753. The molecule has 1 aliphatic heterocycles. The number of rotatable bonds is 4. The molecule has 2 nitrogen and oxygen atoms in total. The molecule has 46 heavy (non-hydrogen) atoms. The van der Waals surface area contributed by atoms with Crippen LogP contribution in [0.25, 0.3) is 44.2 Å². The first-order chi connectivity index (χ1) is 22.6. The summed E-state index contributed by atoms with van der Waals surface area (Å²) in [6.45, 7) is 4.70. The summed E-state index contributed by atoms with van der Waals surface area (Å²) < 4.78 is 0. The molecular weight excluding hydrogens is 556 g/mol. The van der Waals surface area contributed by atoms with Crippen LogP contribution < -0.4 is 4.90 Å². The van der Waals surface area contributed by atoms with Crippen LogP contribution in [0.4, 0.5) is 11.4 Å². The van der Waals surface area contributed by atoms with Crippen LogP contribution in [0.15, 0.2) is 150 Å². The van der Waals surface area contributed by atoms with Gasteiger partial charge < -0.3 is 4.90 Å². The van der Waals surface area contributed by atoms with Crippen molar-refractivity contribution >= 4 is 39.5 Å². The highest BCUT2D eigenvalue weighted by atomic mass is 15.1.